The van der Waals surface area contributed by atoms with E-state index in [2.05, 4.69) is 10.1 Å². The van der Waals surface area contributed by atoms with E-state index in [4.69, 9.17) is 15.4 Å². The van der Waals surface area contributed by atoms with Gasteiger partial charge in [0.1, 0.15) is 6.04 Å². The number of nitrogens with two attached hydrogens (primary N) is 1. The van der Waals surface area contributed by atoms with E-state index < -0.39 is 16.8 Å². The molecule has 0 spiro atoms. The highest BCUT2D eigenvalue weighted by Gasteiger charge is 2.34. The summed E-state index contributed by atoms with van der Waals surface area (Å²) in [4.78, 5) is 15.2. The number of carbonyl (C=O) groups is 1. The Kier molecular flexibility index (Phi) is 3.63. The van der Waals surface area contributed by atoms with E-state index in [9.17, 15) is 4.79 Å². The van der Waals surface area contributed by atoms with Crippen LogP contribution in [0.15, 0.2) is 4.52 Å². The lowest BCUT2D eigenvalue weighted by atomic mass is 10.1. The van der Waals surface area contributed by atoms with Gasteiger partial charge in [0.05, 0.1) is 5.75 Å². The molecule has 1 saturated carbocycles. The lowest BCUT2D eigenvalue weighted by molar-refractivity contribution is -0.139. The van der Waals surface area contributed by atoms with E-state index in [0.717, 1.165) is 12.8 Å². The summed E-state index contributed by atoms with van der Waals surface area (Å²) in [7, 11) is 0. The van der Waals surface area contributed by atoms with Crippen LogP contribution in [0, 0.1) is 0 Å². The normalized spacial score (nSPS) is 17.7. The van der Waals surface area contributed by atoms with Crippen LogP contribution in [-0.4, -0.2) is 32.0 Å². The summed E-state index contributed by atoms with van der Waals surface area (Å²) in [5.41, 5.74) is 5.64. The number of carboxylic acids is 1. The van der Waals surface area contributed by atoms with Crippen molar-refractivity contribution in [2.75, 3.05) is 0 Å². The van der Waals surface area contributed by atoms with Crippen LogP contribution in [0.1, 0.15) is 44.3 Å². The van der Waals surface area contributed by atoms with Crippen LogP contribution in [0.4, 0.5) is 0 Å². The van der Waals surface area contributed by atoms with Gasteiger partial charge in [-0.15, -0.1) is 11.8 Å². The second kappa shape index (κ2) is 4.89. The van der Waals surface area contributed by atoms with Crippen molar-refractivity contribution >= 4 is 17.7 Å². The Morgan fingerprint density at radius 3 is 2.89 bits per heavy atom. The van der Waals surface area contributed by atoms with Crippen LogP contribution < -0.4 is 5.73 Å². The van der Waals surface area contributed by atoms with Crippen molar-refractivity contribution in [1.82, 2.24) is 10.1 Å². The highest BCUT2D eigenvalue weighted by Crippen LogP contribution is 2.39. The molecule has 1 aromatic heterocycles. The standard InChI is InChI=1S/C11H17N3O3S/c1-11(2,8(12)10(15)16)18-5-7-13-9(17-14-7)6-3-4-6/h6,8H,3-5,12H2,1-2H3,(H,15,16)/t8-/m0/s1. The Balaban J connectivity index is 1.91. The van der Waals surface area contributed by atoms with Crippen LogP contribution in [0.25, 0.3) is 0 Å². The average Bonchev–Trinajstić information content (AvgIpc) is 3.05. The third-order valence-corrected chi connectivity index (χ3v) is 4.40. The molecule has 0 radical (unpaired) electrons. The maximum atomic E-state index is 10.9. The number of hydrogen-bond donors (Lipinski definition) is 2. The molecule has 0 saturated heterocycles. The number of thioether (sulfide) groups is 1. The van der Waals surface area contributed by atoms with Crippen molar-refractivity contribution in [3.05, 3.63) is 11.7 Å². The number of aromatic nitrogens is 2. The molecule has 1 aromatic rings. The molecule has 0 amide bonds. The van der Waals surface area contributed by atoms with Crippen molar-refractivity contribution < 1.29 is 14.4 Å². The zero-order valence-corrected chi connectivity index (χ0v) is 11.2. The number of carboxylic acid groups (broad SMARTS) is 1. The summed E-state index contributed by atoms with van der Waals surface area (Å²) < 4.78 is 4.56. The Hall–Kier alpha value is -1.08. The van der Waals surface area contributed by atoms with E-state index in [-0.39, 0.29) is 0 Å². The number of hydrogen-bond acceptors (Lipinski definition) is 6. The third kappa shape index (κ3) is 3.02. The number of nitrogens with zero attached hydrogens (tertiary/aromatic N) is 2. The highest BCUT2D eigenvalue weighted by molar-refractivity contribution is 7.99. The molecule has 2 rings (SSSR count). The Morgan fingerprint density at radius 2 is 2.33 bits per heavy atom. The van der Waals surface area contributed by atoms with E-state index >= 15 is 0 Å². The van der Waals surface area contributed by atoms with Gasteiger partial charge in [-0.05, 0) is 26.7 Å². The minimum atomic E-state index is -1.00. The molecular weight excluding hydrogens is 254 g/mol. The van der Waals surface area contributed by atoms with Crippen LogP contribution in [-0.2, 0) is 10.5 Å². The molecule has 3 N–H and O–H groups in total. The molecular formula is C11H17N3O3S. The molecule has 0 unspecified atom stereocenters. The van der Waals surface area contributed by atoms with Gasteiger partial charge in [-0.3, -0.25) is 4.79 Å². The minimum absolute atomic E-state index is 0.436. The topological polar surface area (TPSA) is 102 Å². The summed E-state index contributed by atoms with van der Waals surface area (Å²) in [6, 6.07) is -0.919. The van der Waals surface area contributed by atoms with Gasteiger partial charge in [-0.25, -0.2) is 0 Å². The molecule has 6 nitrogen and oxygen atoms in total. The van der Waals surface area contributed by atoms with E-state index in [1.165, 1.54) is 11.8 Å². The molecule has 7 heteroatoms. The molecule has 0 aromatic carbocycles. The van der Waals surface area contributed by atoms with E-state index in [1.807, 2.05) is 0 Å². The first kappa shape index (κ1) is 13.4. The SMILES string of the molecule is CC(C)(SCc1noc(C2CC2)n1)[C@@H](N)C(=O)O. The molecule has 1 aliphatic rings. The minimum Gasteiger partial charge on any atom is -0.480 e. The third-order valence-electron chi connectivity index (χ3n) is 3.00. The quantitative estimate of drug-likeness (QED) is 0.805. The summed E-state index contributed by atoms with van der Waals surface area (Å²) in [5, 5.41) is 12.8. The van der Waals surface area contributed by atoms with Crippen LogP contribution in [0.3, 0.4) is 0 Å². The number of aliphatic carboxylic acids is 1. The first-order valence-corrected chi connectivity index (χ1v) is 6.83. The average molecular weight is 271 g/mol. The zero-order valence-electron chi connectivity index (χ0n) is 10.4. The van der Waals surface area contributed by atoms with Gasteiger partial charge in [0.2, 0.25) is 5.89 Å². The molecule has 0 bridgehead atoms. The van der Waals surface area contributed by atoms with Gasteiger partial charge in [0.15, 0.2) is 5.82 Å². The van der Waals surface area contributed by atoms with Gasteiger partial charge < -0.3 is 15.4 Å². The monoisotopic (exact) mass is 271 g/mol. The summed E-state index contributed by atoms with van der Waals surface area (Å²) in [6.07, 6.45) is 2.23. The van der Waals surface area contributed by atoms with E-state index in [0.29, 0.717) is 23.4 Å². The molecule has 0 aliphatic heterocycles. The molecule has 1 fully saturated rings. The highest BCUT2D eigenvalue weighted by atomic mass is 32.2. The van der Waals surface area contributed by atoms with Crippen molar-refractivity contribution in [1.29, 1.82) is 0 Å². The second-order valence-corrected chi connectivity index (χ2v) is 6.66. The first-order chi connectivity index (χ1) is 8.40. The van der Waals surface area contributed by atoms with Gasteiger partial charge in [-0.1, -0.05) is 5.16 Å². The Morgan fingerprint density at radius 1 is 1.67 bits per heavy atom. The fraction of sp³-hybridized carbons (Fsp3) is 0.727. The molecule has 18 heavy (non-hydrogen) atoms. The Labute approximate surface area is 109 Å². The van der Waals surface area contributed by atoms with Gasteiger partial charge >= 0.3 is 5.97 Å². The van der Waals surface area contributed by atoms with Gasteiger partial charge in [0.25, 0.3) is 0 Å². The van der Waals surface area contributed by atoms with Crippen molar-refractivity contribution in [3.63, 3.8) is 0 Å². The predicted octanol–water partition coefficient (Wildman–Crippen LogP) is 1.37. The smallest absolute Gasteiger partial charge is 0.321 e. The summed E-state index contributed by atoms with van der Waals surface area (Å²) >= 11 is 1.42. The van der Waals surface area contributed by atoms with E-state index in [1.54, 1.807) is 13.8 Å². The summed E-state index contributed by atoms with van der Waals surface area (Å²) in [5.74, 6) is 1.24. The van der Waals surface area contributed by atoms with Crippen molar-refractivity contribution in [2.24, 2.45) is 5.73 Å². The number of rotatable bonds is 6. The maximum absolute atomic E-state index is 10.9. The largest absolute Gasteiger partial charge is 0.480 e. The summed E-state index contributed by atoms with van der Waals surface area (Å²) in [6.45, 7) is 3.61. The van der Waals surface area contributed by atoms with Gasteiger partial charge in [-0.2, -0.15) is 4.98 Å². The maximum Gasteiger partial charge on any atom is 0.321 e. The van der Waals surface area contributed by atoms with Crippen LogP contribution in [0.2, 0.25) is 0 Å². The second-order valence-electron chi connectivity index (χ2n) is 5.03. The predicted molar refractivity (Wildman–Crippen MR) is 67.3 cm³/mol. The molecule has 1 atom stereocenters. The lowest BCUT2D eigenvalue weighted by Crippen LogP contribution is -2.46. The molecule has 1 aliphatic carbocycles. The first-order valence-electron chi connectivity index (χ1n) is 5.85. The molecule has 1 heterocycles. The lowest BCUT2D eigenvalue weighted by Gasteiger charge is -2.27. The van der Waals surface area contributed by atoms with Crippen molar-refractivity contribution in [2.45, 2.75) is 49.1 Å². The van der Waals surface area contributed by atoms with Crippen LogP contribution in [0.5, 0.6) is 0 Å². The van der Waals surface area contributed by atoms with Crippen LogP contribution >= 0.6 is 11.8 Å². The fourth-order valence-corrected chi connectivity index (χ4v) is 2.36. The fourth-order valence-electron chi connectivity index (χ4n) is 1.46. The van der Waals surface area contributed by atoms with Gasteiger partial charge in [0, 0.05) is 10.7 Å². The Bertz CT molecular complexity index is 442. The zero-order chi connectivity index (χ0) is 13.3. The molecule has 100 valence electrons. The van der Waals surface area contributed by atoms with Crippen molar-refractivity contribution in [3.8, 4) is 0 Å².